The van der Waals surface area contributed by atoms with Crippen LogP contribution < -0.4 is 4.57 Å². The van der Waals surface area contributed by atoms with Gasteiger partial charge in [0.15, 0.2) is 0 Å². The SMILES string of the molecule is CCCC1(C)CC2(C)C(n3cnc4ccccc43)=CCC2C2CC=C3CC([n+]4cc[nH]c4)CCC3(C)C21. The zero-order chi connectivity index (χ0) is 25.4. The Morgan fingerprint density at radius 1 is 1.11 bits per heavy atom. The fourth-order valence-corrected chi connectivity index (χ4v) is 10.3. The largest absolute Gasteiger partial charge is 0.302 e. The Kier molecular flexibility index (Phi) is 5.20. The second-order valence-electron chi connectivity index (χ2n) is 13.5. The molecule has 7 rings (SSSR count). The molecule has 0 aliphatic heterocycles. The number of imidazole rings is 2. The van der Waals surface area contributed by atoms with Gasteiger partial charge in [-0.2, -0.15) is 0 Å². The molecule has 2 fully saturated rings. The summed E-state index contributed by atoms with van der Waals surface area (Å²) >= 11 is 0. The van der Waals surface area contributed by atoms with E-state index >= 15 is 0 Å². The average Bonchev–Trinajstić information content (AvgIpc) is 3.62. The topological polar surface area (TPSA) is 37.5 Å². The highest BCUT2D eigenvalue weighted by atomic mass is 15.1. The minimum Gasteiger partial charge on any atom is -0.302 e. The van der Waals surface area contributed by atoms with E-state index in [0.717, 1.165) is 17.4 Å². The van der Waals surface area contributed by atoms with Crippen LogP contribution in [0.4, 0.5) is 0 Å². The standard InChI is InChI=1S/C33H42N4/c1-5-15-31(2)20-33(4)26(12-13-29(33)37-22-35-27-8-6-7-9-28(27)37)25-11-10-23-19-24(36-18-17-34-21-36)14-16-32(23,3)30(25)31/h6-10,13,17-18,21-22,24-26,30H,5,11-12,14-16,19-20H2,1-4H3/p+1. The number of benzene rings is 1. The molecule has 4 aliphatic rings. The van der Waals surface area contributed by atoms with E-state index in [1.807, 2.05) is 0 Å². The Morgan fingerprint density at radius 2 is 1.97 bits per heavy atom. The van der Waals surface area contributed by atoms with Gasteiger partial charge in [-0.05, 0) is 79.2 Å². The van der Waals surface area contributed by atoms with Crippen molar-refractivity contribution in [3.05, 3.63) is 67.0 Å². The number of fused-ring (bicyclic) bond motifs is 6. The molecular formula is C33H43N4+. The molecule has 2 saturated carbocycles. The van der Waals surface area contributed by atoms with Crippen LogP contribution >= 0.6 is 0 Å². The fourth-order valence-electron chi connectivity index (χ4n) is 10.3. The number of hydrogen-bond donors (Lipinski definition) is 1. The van der Waals surface area contributed by atoms with E-state index in [2.05, 4.69) is 103 Å². The molecule has 194 valence electrons. The van der Waals surface area contributed by atoms with Crippen LogP contribution in [0.25, 0.3) is 16.7 Å². The first-order chi connectivity index (χ1) is 17.9. The molecule has 4 nitrogen and oxygen atoms in total. The van der Waals surface area contributed by atoms with Crippen LogP contribution in [0.15, 0.2) is 67.0 Å². The fraction of sp³-hybridized carbons (Fsp3) is 0.576. The molecule has 1 aromatic carbocycles. The Hall–Kier alpha value is -2.62. The normalized spacial score (nSPS) is 39.0. The summed E-state index contributed by atoms with van der Waals surface area (Å²) in [4.78, 5) is 8.06. The van der Waals surface area contributed by atoms with Gasteiger partial charge in [0.25, 0.3) is 0 Å². The number of hydrogen-bond acceptors (Lipinski definition) is 1. The zero-order valence-electron chi connectivity index (χ0n) is 23.1. The van der Waals surface area contributed by atoms with Crippen molar-refractivity contribution in [1.29, 1.82) is 0 Å². The molecule has 0 radical (unpaired) electrons. The number of aromatic nitrogens is 4. The molecule has 7 atom stereocenters. The summed E-state index contributed by atoms with van der Waals surface area (Å²) in [6, 6.07) is 9.25. The quantitative estimate of drug-likeness (QED) is 0.292. The van der Waals surface area contributed by atoms with Crippen molar-refractivity contribution in [1.82, 2.24) is 14.5 Å². The number of allylic oxidation sites excluding steroid dienone is 4. The molecule has 4 aliphatic carbocycles. The van der Waals surface area contributed by atoms with Gasteiger partial charge < -0.3 is 4.57 Å². The van der Waals surface area contributed by atoms with Gasteiger partial charge in [0.2, 0.25) is 6.33 Å². The van der Waals surface area contributed by atoms with E-state index in [-0.39, 0.29) is 5.41 Å². The van der Waals surface area contributed by atoms with E-state index in [0.29, 0.717) is 22.8 Å². The predicted octanol–water partition coefficient (Wildman–Crippen LogP) is 7.72. The lowest BCUT2D eigenvalue weighted by Gasteiger charge is -2.64. The van der Waals surface area contributed by atoms with Crippen molar-refractivity contribution >= 4 is 16.7 Å². The van der Waals surface area contributed by atoms with Crippen LogP contribution in [0.2, 0.25) is 0 Å². The number of nitrogens with one attached hydrogen (secondary N) is 1. The molecule has 0 spiro atoms. The second kappa shape index (κ2) is 8.19. The molecule has 0 amide bonds. The van der Waals surface area contributed by atoms with Gasteiger partial charge in [0.1, 0.15) is 24.8 Å². The summed E-state index contributed by atoms with van der Waals surface area (Å²) in [5, 5.41) is 0. The van der Waals surface area contributed by atoms with Crippen LogP contribution in [-0.4, -0.2) is 14.5 Å². The third-order valence-electron chi connectivity index (χ3n) is 11.5. The van der Waals surface area contributed by atoms with Crippen molar-refractivity contribution in [2.24, 2.45) is 34.0 Å². The summed E-state index contributed by atoms with van der Waals surface area (Å²) in [6.45, 7) is 10.4. The molecule has 0 bridgehead atoms. The van der Waals surface area contributed by atoms with Crippen molar-refractivity contribution in [3.63, 3.8) is 0 Å². The van der Waals surface area contributed by atoms with Gasteiger partial charge in [-0.25, -0.2) is 9.55 Å². The molecular weight excluding hydrogens is 452 g/mol. The van der Waals surface area contributed by atoms with Gasteiger partial charge in [-0.3, -0.25) is 4.98 Å². The van der Waals surface area contributed by atoms with Gasteiger partial charge in [0.05, 0.1) is 11.0 Å². The van der Waals surface area contributed by atoms with Crippen molar-refractivity contribution in [2.45, 2.75) is 85.1 Å². The molecule has 7 unspecified atom stereocenters. The lowest BCUT2D eigenvalue weighted by Crippen LogP contribution is -2.58. The number of para-hydroxylation sites is 2. The lowest BCUT2D eigenvalue weighted by molar-refractivity contribution is -0.723. The van der Waals surface area contributed by atoms with E-state index in [9.17, 15) is 0 Å². The van der Waals surface area contributed by atoms with E-state index < -0.39 is 0 Å². The number of rotatable bonds is 4. The monoisotopic (exact) mass is 495 g/mol. The van der Waals surface area contributed by atoms with Crippen molar-refractivity contribution < 1.29 is 4.57 Å². The Bertz CT molecular complexity index is 1380. The average molecular weight is 496 g/mol. The zero-order valence-corrected chi connectivity index (χ0v) is 23.1. The van der Waals surface area contributed by atoms with E-state index in [1.165, 1.54) is 62.6 Å². The van der Waals surface area contributed by atoms with E-state index in [1.54, 1.807) is 5.57 Å². The first-order valence-corrected chi connectivity index (χ1v) is 14.7. The summed E-state index contributed by atoms with van der Waals surface area (Å²) in [5.74, 6) is 2.23. The minimum absolute atomic E-state index is 0.189. The summed E-state index contributed by atoms with van der Waals surface area (Å²) < 4.78 is 4.85. The Labute approximate surface area is 221 Å². The molecule has 1 N–H and O–H groups in total. The summed E-state index contributed by atoms with van der Waals surface area (Å²) in [7, 11) is 0. The van der Waals surface area contributed by atoms with Crippen LogP contribution in [0, 0.1) is 34.0 Å². The Balaban J connectivity index is 1.29. The lowest BCUT2D eigenvalue weighted by atomic mass is 9.40. The molecule has 3 aromatic rings. The van der Waals surface area contributed by atoms with E-state index in [4.69, 9.17) is 4.98 Å². The molecule has 0 saturated heterocycles. The number of nitrogens with zero attached hydrogens (tertiary/aromatic N) is 3. The maximum Gasteiger partial charge on any atom is 0.241 e. The highest BCUT2D eigenvalue weighted by molar-refractivity contribution is 5.80. The van der Waals surface area contributed by atoms with Gasteiger partial charge in [-0.1, -0.05) is 64.0 Å². The van der Waals surface area contributed by atoms with Crippen LogP contribution in [0.5, 0.6) is 0 Å². The highest BCUT2D eigenvalue weighted by Crippen LogP contribution is 2.71. The minimum atomic E-state index is 0.189. The smallest absolute Gasteiger partial charge is 0.241 e. The first-order valence-electron chi connectivity index (χ1n) is 14.7. The van der Waals surface area contributed by atoms with Crippen LogP contribution in [0.3, 0.4) is 0 Å². The van der Waals surface area contributed by atoms with Crippen molar-refractivity contribution in [3.8, 4) is 0 Å². The molecule has 2 aromatic heterocycles. The Morgan fingerprint density at radius 3 is 2.78 bits per heavy atom. The number of H-pyrrole nitrogens is 1. The van der Waals surface area contributed by atoms with Gasteiger partial charge >= 0.3 is 0 Å². The molecule has 4 heteroatoms. The second-order valence-corrected chi connectivity index (χ2v) is 13.5. The van der Waals surface area contributed by atoms with Crippen LogP contribution in [-0.2, 0) is 0 Å². The van der Waals surface area contributed by atoms with Gasteiger partial charge in [0, 0.05) is 17.5 Å². The van der Waals surface area contributed by atoms with Gasteiger partial charge in [-0.15, -0.1) is 0 Å². The third-order valence-corrected chi connectivity index (χ3v) is 11.5. The molecule has 37 heavy (non-hydrogen) atoms. The maximum atomic E-state index is 4.79. The van der Waals surface area contributed by atoms with Crippen LogP contribution in [0.1, 0.15) is 85.1 Å². The summed E-state index contributed by atoms with van der Waals surface area (Å²) in [6.07, 6.45) is 24.0. The summed E-state index contributed by atoms with van der Waals surface area (Å²) in [5.41, 5.74) is 6.49. The first kappa shape index (κ1) is 23.5. The van der Waals surface area contributed by atoms with Crippen molar-refractivity contribution in [2.75, 3.05) is 0 Å². The number of aromatic amines is 1. The predicted molar refractivity (Wildman–Crippen MR) is 150 cm³/mol. The third kappa shape index (κ3) is 3.26. The molecule has 2 heterocycles. The maximum absolute atomic E-state index is 4.79. The highest BCUT2D eigenvalue weighted by Gasteiger charge is 2.64.